The number of H-pyrrole nitrogens is 1. The highest BCUT2D eigenvalue weighted by atomic mass is 14.9. The molecule has 2 aromatic rings. The molecule has 0 bridgehead atoms. The maximum Gasteiger partial charge on any atom is 0.111 e. The highest BCUT2D eigenvalue weighted by Gasteiger charge is 2.19. The van der Waals surface area contributed by atoms with E-state index in [9.17, 15) is 0 Å². The highest BCUT2D eigenvalue weighted by molar-refractivity contribution is 5.60. The van der Waals surface area contributed by atoms with Crippen LogP contribution in [0.4, 0.5) is 0 Å². The zero-order valence-electron chi connectivity index (χ0n) is 11.1. The van der Waals surface area contributed by atoms with Gasteiger partial charge in [-0.05, 0) is 25.0 Å². The van der Waals surface area contributed by atoms with Crippen molar-refractivity contribution in [2.75, 3.05) is 6.54 Å². The maximum atomic E-state index is 5.83. The van der Waals surface area contributed by atoms with Crippen LogP contribution in [0.3, 0.4) is 0 Å². The van der Waals surface area contributed by atoms with Crippen LogP contribution in [0.5, 0.6) is 0 Å². The van der Waals surface area contributed by atoms with Crippen molar-refractivity contribution < 1.29 is 0 Å². The monoisotopic (exact) mass is 244 g/mol. The summed E-state index contributed by atoms with van der Waals surface area (Å²) in [7, 11) is 0. The Bertz CT molecular complexity index is 502. The average molecular weight is 244 g/mol. The first-order valence-electron chi connectivity index (χ1n) is 6.30. The molecule has 0 aliphatic heterocycles. The van der Waals surface area contributed by atoms with Gasteiger partial charge in [0.25, 0.3) is 0 Å². The summed E-state index contributed by atoms with van der Waals surface area (Å²) in [6.45, 7) is 6.97. The molecule has 0 aliphatic rings. The number of pyridine rings is 1. The van der Waals surface area contributed by atoms with E-state index in [0.29, 0.717) is 12.5 Å². The third-order valence-corrected chi connectivity index (χ3v) is 3.25. The topological polar surface area (TPSA) is 67.6 Å². The Balaban J connectivity index is 2.38. The molecule has 2 heterocycles. The quantitative estimate of drug-likeness (QED) is 0.868. The Hall–Kier alpha value is -1.68. The van der Waals surface area contributed by atoms with Crippen molar-refractivity contribution in [3.8, 4) is 11.3 Å². The highest BCUT2D eigenvalue weighted by Crippen LogP contribution is 2.26. The molecule has 1 unspecified atom stereocenters. The maximum absolute atomic E-state index is 5.83. The molecule has 4 heteroatoms. The van der Waals surface area contributed by atoms with Gasteiger partial charge in [-0.3, -0.25) is 4.98 Å². The number of nitrogens with one attached hydrogen (secondary N) is 1. The summed E-state index contributed by atoms with van der Waals surface area (Å²) < 4.78 is 0. The largest absolute Gasteiger partial charge is 0.345 e. The molecule has 96 valence electrons. The molecule has 0 amide bonds. The number of hydrogen-bond acceptors (Lipinski definition) is 3. The third-order valence-electron chi connectivity index (χ3n) is 3.25. The van der Waals surface area contributed by atoms with Gasteiger partial charge in [0.2, 0.25) is 0 Å². The van der Waals surface area contributed by atoms with Gasteiger partial charge < -0.3 is 10.7 Å². The molecule has 0 saturated carbocycles. The van der Waals surface area contributed by atoms with Gasteiger partial charge in [-0.15, -0.1) is 0 Å². The molecular weight excluding hydrogens is 224 g/mol. The molecule has 18 heavy (non-hydrogen) atoms. The second-order valence-electron chi connectivity index (χ2n) is 4.92. The van der Waals surface area contributed by atoms with Crippen molar-refractivity contribution in [3.63, 3.8) is 0 Å². The molecule has 0 radical (unpaired) electrons. The molecule has 0 aromatic carbocycles. The molecule has 0 aliphatic carbocycles. The summed E-state index contributed by atoms with van der Waals surface area (Å²) in [4.78, 5) is 12.2. The van der Waals surface area contributed by atoms with Crippen molar-refractivity contribution in [2.45, 2.75) is 26.7 Å². The summed E-state index contributed by atoms with van der Waals surface area (Å²) in [5.74, 6) is 1.72. The average Bonchev–Trinajstić information content (AvgIpc) is 2.73. The lowest BCUT2D eigenvalue weighted by Gasteiger charge is -2.15. The zero-order valence-corrected chi connectivity index (χ0v) is 11.1. The van der Waals surface area contributed by atoms with E-state index in [0.717, 1.165) is 22.8 Å². The van der Waals surface area contributed by atoms with Crippen molar-refractivity contribution in [1.29, 1.82) is 0 Å². The zero-order chi connectivity index (χ0) is 13.1. The third kappa shape index (κ3) is 2.43. The van der Waals surface area contributed by atoms with Gasteiger partial charge in [0.1, 0.15) is 5.82 Å². The lowest BCUT2D eigenvalue weighted by atomic mass is 9.95. The second kappa shape index (κ2) is 5.31. The fourth-order valence-corrected chi connectivity index (χ4v) is 2.14. The molecule has 2 aromatic heterocycles. The van der Waals surface area contributed by atoms with Gasteiger partial charge in [-0.1, -0.05) is 13.8 Å². The van der Waals surface area contributed by atoms with Gasteiger partial charge in [-0.25, -0.2) is 4.98 Å². The van der Waals surface area contributed by atoms with Crippen LogP contribution in [-0.2, 0) is 0 Å². The minimum Gasteiger partial charge on any atom is -0.345 e. The Morgan fingerprint density at radius 1 is 1.39 bits per heavy atom. The van der Waals surface area contributed by atoms with Gasteiger partial charge in [0.15, 0.2) is 0 Å². The van der Waals surface area contributed by atoms with Crippen molar-refractivity contribution in [1.82, 2.24) is 15.0 Å². The molecule has 2 rings (SSSR count). The summed E-state index contributed by atoms with van der Waals surface area (Å²) in [5, 5.41) is 0. The van der Waals surface area contributed by atoms with Crippen LogP contribution in [0.25, 0.3) is 11.3 Å². The number of nitrogens with two attached hydrogens (primary N) is 1. The normalized spacial score (nSPS) is 12.9. The summed E-state index contributed by atoms with van der Waals surface area (Å²) in [6, 6.07) is 3.94. The van der Waals surface area contributed by atoms with E-state index in [1.54, 1.807) is 6.20 Å². The fraction of sp³-hybridized carbons (Fsp3) is 0.429. The molecule has 0 fully saturated rings. The van der Waals surface area contributed by atoms with Crippen LogP contribution in [-0.4, -0.2) is 21.5 Å². The van der Waals surface area contributed by atoms with Crippen LogP contribution in [0.2, 0.25) is 0 Å². The summed E-state index contributed by atoms with van der Waals surface area (Å²) >= 11 is 0. The van der Waals surface area contributed by atoms with E-state index < -0.39 is 0 Å². The number of imidazole rings is 1. The molecule has 0 spiro atoms. The van der Waals surface area contributed by atoms with E-state index in [2.05, 4.69) is 23.8 Å². The van der Waals surface area contributed by atoms with Gasteiger partial charge in [0.05, 0.1) is 5.69 Å². The predicted molar refractivity (Wildman–Crippen MR) is 73.2 cm³/mol. The van der Waals surface area contributed by atoms with Crippen LogP contribution in [0.15, 0.2) is 24.5 Å². The minimum absolute atomic E-state index is 0.272. The molecular formula is C14H20N4. The lowest BCUT2D eigenvalue weighted by molar-refractivity contribution is 0.487. The number of aryl methyl sites for hydroxylation is 1. The fourth-order valence-electron chi connectivity index (χ4n) is 2.14. The Kier molecular flexibility index (Phi) is 3.77. The van der Waals surface area contributed by atoms with E-state index >= 15 is 0 Å². The Labute approximate surface area is 108 Å². The first-order chi connectivity index (χ1) is 8.63. The predicted octanol–water partition coefficient (Wildman–Crippen LogP) is 2.48. The van der Waals surface area contributed by atoms with E-state index in [1.165, 1.54) is 0 Å². The first kappa shape index (κ1) is 12.8. The van der Waals surface area contributed by atoms with Crippen LogP contribution < -0.4 is 5.73 Å². The van der Waals surface area contributed by atoms with Gasteiger partial charge in [-0.2, -0.15) is 0 Å². The SMILES string of the molecule is Cc1[nH]c(C(CN)C(C)C)nc1-c1cccnc1. The van der Waals surface area contributed by atoms with E-state index in [4.69, 9.17) is 10.7 Å². The van der Waals surface area contributed by atoms with Crippen molar-refractivity contribution in [3.05, 3.63) is 36.0 Å². The van der Waals surface area contributed by atoms with Gasteiger partial charge >= 0.3 is 0 Å². The molecule has 4 nitrogen and oxygen atoms in total. The first-order valence-corrected chi connectivity index (χ1v) is 6.30. The standard InChI is InChI=1S/C14H20N4/c1-9(2)12(7-15)14-17-10(3)13(18-14)11-5-4-6-16-8-11/h4-6,8-9,12H,7,15H2,1-3H3,(H,17,18). The number of aromatic amines is 1. The number of aromatic nitrogens is 3. The molecule has 3 N–H and O–H groups in total. The summed E-state index contributed by atoms with van der Waals surface area (Å²) in [6.07, 6.45) is 3.60. The van der Waals surface area contributed by atoms with Gasteiger partial charge in [0, 0.05) is 36.1 Å². The Morgan fingerprint density at radius 2 is 2.17 bits per heavy atom. The van der Waals surface area contributed by atoms with Crippen molar-refractivity contribution >= 4 is 0 Å². The van der Waals surface area contributed by atoms with Crippen LogP contribution in [0.1, 0.15) is 31.3 Å². The lowest BCUT2D eigenvalue weighted by Crippen LogP contribution is -2.19. The minimum atomic E-state index is 0.272. The van der Waals surface area contributed by atoms with Crippen LogP contribution in [0, 0.1) is 12.8 Å². The second-order valence-corrected chi connectivity index (χ2v) is 4.92. The van der Waals surface area contributed by atoms with Crippen LogP contribution >= 0.6 is 0 Å². The summed E-state index contributed by atoms with van der Waals surface area (Å²) in [5.41, 5.74) is 8.91. The number of rotatable bonds is 4. The number of nitrogens with zero attached hydrogens (tertiary/aromatic N) is 2. The van der Waals surface area contributed by atoms with E-state index in [1.807, 2.05) is 25.3 Å². The van der Waals surface area contributed by atoms with Crippen molar-refractivity contribution in [2.24, 2.45) is 11.7 Å². The smallest absolute Gasteiger partial charge is 0.111 e. The number of hydrogen-bond donors (Lipinski definition) is 2. The Morgan fingerprint density at radius 3 is 2.72 bits per heavy atom. The molecule has 0 saturated heterocycles. The van der Waals surface area contributed by atoms with E-state index in [-0.39, 0.29) is 5.92 Å². The molecule has 1 atom stereocenters.